The lowest BCUT2D eigenvalue weighted by atomic mass is 10.1. The minimum Gasteiger partial charge on any atom is -0.508 e. The molecule has 0 radical (unpaired) electrons. The molecule has 0 aliphatic rings. The molecule has 76 valence electrons. The number of aromatic hydroxyl groups is 1. The fourth-order valence-electron chi connectivity index (χ4n) is 1.18. The van der Waals surface area contributed by atoms with E-state index in [2.05, 4.69) is 10.6 Å². The molecule has 0 aromatic heterocycles. The fraction of sp³-hybridized carbons (Fsp3) is 0.222. The lowest BCUT2D eigenvalue weighted by Gasteiger charge is -2.10. The van der Waals surface area contributed by atoms with Crippen molar-refractivity contribution in [1.29, 1.82) is 0 Å². The van der Waals surface area contributed by atoms with Gasteiger partial charge in [-0.25, -0.2) is 4.39 Å². The van der Waals surface area contributed by atoms with Gasteiger partial charge in [0, 0.05) is 12.1 Å². The van der Waals surface area contributed by atoms with Crippen molar-refractivity contribution in [2.24, 2.45) is 0 Å². The molecule has 0 aliphatic heterocycles. The van der Waals surface area contributed by atoms with Gasteiger partial charge in [0.15, 0.2) is 0 Å². The Morgan fingerprint density at radius 1 is 1.57 bits per heavy atom. The van der Waals surface area contributed by atoms with Crippen molar-refractivity contribution in [2.45, 2.75) is 6.54 Å². The van der Waals surface area contributed by atoms with Gasteiger partial charge >= 0.3 is 0 Å². The number of nitrogens with one attached hydrogen (secondary N) is 2. The normalized spacial score (nSPS) is 9.86. The van der Waals surface area contributed by atoms with E-state index in [4.69, 9.17) is 0 Å². The summed E-state index contributed by atoms with van der Waals surface area (Å²) < 4.78 is 13.2. The van der Waals surface area contributed by atoms with Gasteiger partial charge < -0.3 is 15.7 Å². The highest BCUT2D eigenvalue weighted by Crippen LogP contribution is 2.27. The monoisotopic (exact) mass is 198 g/mol. The van der Waals surface area contributed by atoms with Crippen molar-refractivity contribution in [1.82, 2.24) is 5.32 Å². The maximum absolute atomic E-state index is 13.2. The van der Waals surface area contributed by atoms with Crippen LogP contribution in [0.25, 0.3) is 0 Å². The summed E-state index contributed by atoms with van der Waals surface area (Å²) in [6.07, 6.45) is 0.372. The van der Waals surface area contributed by atoms with Crippen LogP contribution in [0.4, 0.5) is 10.1 Å². The van der Waals surface area contributed by atoms with E-state index in [1.807, 2.05) is 0 Å². The largest absolute Gasteiger partial charge is 0.508 e. The van der Waals surface area contributed by atoms with Crippen LogP contribution in [0.3, 0.4) is 0 Å². The van der Waals surface area contributed by atoms with Gasteiger partial charge in [-0.15, -0.1) is 0 Å². The molecule has 5 heteroatoms. The lowest BCUT2D eigenvalue weighted by molar-refractivity contribution is -0.105. The van der Waals surface area contributed by atoms with Gasteiger partial charge in [-0.2, -0.15) is 0 Å². The van der Waals surface area contributed by atoms with Crippen LogP contribution in [0.15, 0.2) is 12.1 Å². The molecule has 0 fully saturated rings. The van der Waals surface area contributed by atoms with E-state index in [0.29, 0.717) is 12.0 Å². The van der Waals surface area contributed by atoms with Gasteiger partial charge in [0.25, 0.3) is 0 Å². The minimum atomic E-state index is -0.569. The molecule has 1 amide bonds. The second-order valence-electron chi connectivity index (χ2n) is 2.71. The Hall–Kier alpha value is -1.62. The number of phenolic OH excluding ortho intramolecular Hbond substituents is 1. The summed E-state index contributed by atoms with van der Waals surface area (Å²) in [6, 6.07) is 2.35. The number of anilines is 1. The number of carbonyl (C=O) groups is 1. The summed E-state index contributed by atoms with van der Waals surface area (Å²) >= 11 is 0. The molecular formula is C9H11FN2O2. The quantitative estimate of drug-likeness (QED) is 0.628. The van der Waals surface area contributed by atoms with E-state index in [-0.39, 0.29) is 18.0 Å². The highest BCUT2D eigenvalue weighted by molar-refractivity contribution is 5.75. The van der Waals surface area contributed by atoms with Crippen molar-refractivity contribution < 1.29 is 14.3 Å². The third-order valence-corrected chi connectivity index (χ3v) is 1.79. The molecule has 0 spiro atoms. The number of hydrogen-bond donors (Lipinski definition) is 3. The van der Waals surface area contributed by atoms with Crippen molar-refractivity contribution in [3.8, 4) is 5.75 Å². The van der Waals surface area contributed by atoms with Crippen LogP contribution in [0.1, 0.15) is 5.56 Å². The summed E-state index contributed by atoms with van der Waals surface area (Å²) in [4.78, 5) is 10.2. The minimum absolute atomic E-state index is 0.00866. The summed E-state index contributed by atoms with van der Waals surface area (Å²) in [6.45, 7) is 0.278. The second-order valence-corrected chi connectivity index (χ2v) is 2.71. The molecule has 0 atom stereocenters. The molecule has 14 heavy (non-hydrogen) atoms. The molecule has 3 N–H and O–H groups in total. The van der Waals surface area contributed by atoms with Crippen LogP contribution in [-0.2, 0) is 11.3 Å². The van der Waals surface area contributed by atoms with Crippen LogP contribution in [0.5, 0.6) is 5.75 Å². The van der Waals surface area contributed by atoms with Crippen LogP contribution in [0, 0.1) is 5.82 Å². The average molecular weight is 198 g/mol. The van der Waals surface area contributed by atoms with Gasteiger partial charge in [-0.05, 0) is 19.2 Å². The van der Waals surface area contributed by atoms with Gasteiger partial charge in [-0.1, -0.05) is 0 Å². The van der Waals surface area contributed by atoms with Crippen LogP contribution >= 0.6 is 0 Å². The zero-order chi connectivity index (χ0) is 10.6. The first-order chi connectivity index (χ1) is 6.70. The van der Waals surface area contributed by atoms with Crippen molar-refractivity contribution in [3.63, 3.8) is 0 Å². The van der Waals surface area contributed by atoms with Crippen molar-refractivity contribution in [2.75, 3.05) is 12.4 Å². The number of hydrogen-bond acceptors (Lipinski definition) is 3. The average Bonchev–Trinajstić information content (AvgIpc) is 2.17. The molecule has 1 aromatic carbocycles. The van der Waals surface area contributed by atoms with Crippen LogP contribution in [0.2, 0.25) is 0 Å². The van der Waals surface area contributed by atoms with E-state index in [1.54, 1.807) is 7.05 Å². The Morgan fingerprint density at radius 3 is 2.86 bits per heavy atom. The lowest BCUT2D eigenvalue weighted by Crippen LogP contribution is -2.10. The Morgan fingerprint density at radius 2 is 2.29 bits per heavy atom. The molecule has 1 aromatic rings. The SMILES string of the molecule is CNCc1c(O)ccc(F)c1NC=O. The predicted octanol–water partition coefficient (Wildman–Crippen LogP) is 0.819. The molecule has 0 aliphatic carbocycles. The van der Waals surface area contributed by atoms with Gasteiger partial charge in [0.05, 0.1) is 5.69 Å². The summed E-state index contributed by atoms with van der Waals surface area (Å²) in [5.74, 6) is -0.620. The number of rotatable bonds is 4. The summed E-state index contributed by atoms with van der Waals surface area (Å²) in [7, 11) is 1.66. The smallest absolute Gasteiger partial charge is 0.211 e. The maximum atomic E-state index is 13.2. The Labute approximate surface area is 80.7 Å². The third-order valence-electron chi connectivity index (χ3n) is 1.79. The zero-order valence-electron chi connectivity index (χ0n) is 7.67. The van der Waals surface area contributed by atoms with Crippen LogP contribution in [-0.4, -0.2) is 18.6 Å². The van der Waals surface area contributed by atoms with E-state index < -0.39 is 5.82 Å². The van der Waals surface area contributed by atoms with Crippen molar-refractivity contribution in [3.05, 3.63) is 23.5 Å². The van der Waals surface area contributed by atoms with Gasteiger partial charge in [0.2, 0.25) is 6.41 Å². The van der Waals surface area contributed by atoms with E-state index in [0.717, 1.165) is 6.07 Å². The summed E-state index contributed by atoms with van der Waals surface area (Å²) in [5, 5.41) is 14.4. The van der Waals surface area contributed by atoms with Crippen LogP contribution < -0.4 is 10.6 Å². The Kier molecular flexibility index (Phi) is 3.41. The van der Waals surface area contributed by atoms with Gasteiger partial charge in [-0.3, -0.25) is 4.79 Å². The molecule has 1 rings (SSSR count). The predicted molar refractivity (Wildman–Crippen MR) is 50.5 cm³/mol. The number of benzene rings is 1. The number of phenols is 1. The Balaban J connectivity index is 3.18. The molecular weight excluding hydrogens is 187 g/mol. The number of amides is 1. The highest BCUT2D eigenvalue weighted by atomic mass is 19.1. The van der Waals surface area contributed by atoms with Crippen molar-refractivity contribution >= 4 is 12.1 Å². The Bertz CT molecular complexity index is 342. The topological polar surface area (TPSA) is 61.4 Å². The van der Waals surface area contributed by atoms with E-state index in [1.165, 1.54) is 6.07 Å². The summed E-state index contributed by atoms with van der Waals surface area (Å²) in [5.41, 5.74) is 0.342. The molecule has 0 unspecified atom stereocenters. The molecule has 0 saturated heterocycles. The van der Waals surface area contributed by atoms with E-state index in [9.17, 15) is 14.3 Å². The number of carbonyl (C=O) groups excluding carboxylic acids is 1. The van der Waals surface area contributed by atoms with E-state index >= 15 is 0 Å². The molecule has 0 heterocycles. The first-order valence-corrected chi connectivity index (χ1v) is 4.05. The molecule has 0 bridgehead atoms. The van der Waals surface area contributed by atoms with Gasteiger partial charge in [0.1, 0.15) is 11.6 Å². The number of halogens is 1. The molecule has 4 nitrogen and oxygen atoms in total. The maximum Gasteiger partial charge on any atom is 0.211 e. The zero-order valence-corrected chi connectivity index (χ0v) is 7.67. The third kappa shape index (κ3) is 2.00. The fourth-order valence-corrected chi connectivity index (χ4v) is 1.18. The first-order valence-electron chi connectivity index (χ1n) is 4.05. The molecule has 0 saturated carbocycles. The first kappa shape index (κ1) is 10.5. The standard InChI is InChI=1S/C9H11FN2O2/c1-11-4-6-8(14)3-2-7(10)9(6)12-5-13/h2-3,5,11,14H,4H2,1H3,(H,12,13). The highest BCUT2D eigenvalue weighted by Gasteiger charge is 2.11. The second kappa shape index (κ2) is 4.57.